The number of nitrogens with one attached hydrogen (secondary N) is 1. The average molecular weight is 323 g/mol. The topological polar surface area (TPSA) is 37.3 Å². The lowest BCUT2D eigenvalue weighted by atomic mass is 9.84. The van der Waals surface area contributed by atoms with E-state index in [-0.39, 0.29) is 0 Å². The number of fused-ring (bicyclic) bond motifs is 1. The van der Waals surface area contributed by atoms with Gasteiger partial charge in [-0.3, -0.25) is 5.43 Å². The lowest BCUT2D eigenvalue weighted by Gasteiger charge is -2.22. The Labute approximate surface area is 141 Å². The zero-order chi connectivity index (χ0) is 15.6. The van der Waals surface area contributed by atoms with Gasteiger partial charge in [-0.05, 0) is 50.5 Å². The first-order chi connectivity index (χ1) is 11.3. The van der Waals surface area contributed by atoms with Crippen LogP contribution in [0.25, 0.3) is 11.3 Å². The third-order valence-corrected chi connectivity index (χ3v) is 5.74. The molecule has 1 aromatic heterocycles. The standard InChI is InChI=1S/C19H21N3S/c1-13-16-9-5-8-14(16)10-11-17(13)21-22-19-20-18(12-23-19)15-6-3-2-4-7-15/h2-4,6-7,12,14H,5,8-11H2,1H3,(H,20,22)/b21-17-/t14-/m1/s1. The molecule has 2 aliphatic rings. The zero-order valence-electron chi connectivity index (χ0n) is 13.4. The monoisotopic (exact) mass is 323 g/mol. The molecule has 0 aliphatic heterocycles. The molecule has 0 amide bonds. The summed E-state index contributed by atoms with van der Waals surface area (Å²) in [6, 6.07) is 10.3. The molecule has 118 valence electrons. The molecule has 0 saturated heterocycles. The summed E-state index contributed by atoms with van der Waals surface area (Å²) >= 11 is 1.61. The van der Waals surface area contributed by atoms with E-state index in [1.807, 2.05) is 18.2 Å². The number of hydrazone groups is 1. The van der Waals surface area contributed by atoms with Gasteiger partial charge in [0.05, 0.1) is 11.4 Å². The second-order valence-electron chi connectivity index (χ2n) is 6.35. The van der Waals surface area contributed by atoms with Crippen molar-refractivity contribution in [3.63, 3.8) is 0 Å². The van der Waals surface area contributed by atoms with Gasteiger partial charge in [-0.2, -0.15) is 5.10 Å². The molecule has 23 heavy (non-hydrogen) atoms. The van der Waals surface area contributed by atoms with E-state index >= 15 is 0 Å². The summed E-state index contributed by atoms with van der Waals surface area (Å²) in [6.07, 6.45) is 6.35. The van der Waals surface area contributed by atoms with Gasteiger partial charge in [0.1, 0.15) is 0 Å². The molecule has 1 heterocycles. The average Bonchev–Trinajstić information content (AvgIpc) is 3.25. The highest BCUT2D eigenvalue weighted by molar-refractivity contribution is 7.14. The summed E-state index contributed by atoms with van der Waals surface area (Å²) in [6.45, 7) is 2.24. The van der Waals surface area contributed by atoms with Crippen molar-refractivity contribution >= 4 is 22.2 Å². The molecule has 0 unspecified atom stereocenters. The van der Waals surface area contributed by atoms with E-state index in [0.717, 1.165) is 28.7 Å². The molecule has 0 spiro atoms. The van der Waals surface area contributed by atoms with Crippen molar-refractivity contribution in [2.75, 3.05) is 5.43 Å². The SMILES string of the molecule is CC1=C2CCC[C@@H]2CC/C1=N/Nc1nc(-c2ccccc2)cs1. The van der Waals surface area contributed by atoms with Gasteiger partial charge in [0.25, 0.3) is 0 Å². The molecule has 1 atom stereocenters. The van der Waals surface area contributed by atoms with Crippen LogP contribution in [0, 0.1) is 5.92 Å². The fraction of sp³-hybridized carbons (Fsp3) is 0.368. The van der Waals surface area contributed by atoms with Gasteiger partial charge in [-0.15, -0.1) is 11.3 Å². The highest BCUT2D eigenvalue weighted by Gasteiger charge is 2.28. The van der Waals surface area contributed by atoms with Crippen molar-refractivity contribution in [3.05, 3.63) is 46.9 Å². The van der Waals surface area contributed by atoms with Crippen LogP contribution in [-0.2, 0) is 0 Å². The van der Waals surface area contributed by atoms with Crippen molar-refractivity contribution in [1.82, 2.24) is 4.98 Å². The first kappa shape index (κ1) is 14.6. The van der Waals surface area contributed by atoms with Crippen LogP contribution in [0.3, 0.4) is 0 Å². The predicted molar refractivity (Wildman–Crippen MR) is 97.9 cm³/mol. The number of rotatable bonds is 3. The maximum atomic E-state index is 4.66. The van der Waals surface area contributed by atoms with E-state index in [0.29, 0.717) is 0 Å². The summed E-state index contributed by atoms with van der Waals surface area (Å²) in [5, 5.41) is 7.60. The van der Waals surface area contributed by atoms with E-state index in [2.05, 4.69) is 39.9 Å². The number of benzene rings is 1. The number of thiazole rings is 1. The van der Waals surface area contributed by atoms with Crippen LogP contribution in [0.5, 0.6) is 0 Å². The highest BCUT2D eigenvalue weighted by atomic mass is 32.1. The van der Waals surface area contributed by atoms with Gasteiger partial charge in [0.2, 0.25) is 5.13 Å². The molecular formula is C19H21N3S. The minimum atomic E-state index is 0.832. The van der Waals surface area contributed by atoms with E-state index in [1.54, 1.807) is 16.9 Å². The van der Waals surface area contributed by atoms with E-state index < -0.39 is 0 Å². The Kier molecular flexibility index (Phi) is 4.00. The first-order valence-electron chi connectivity index (χ1n) is 8.35. The normalized spacial score (nSPS) is 22.5. The van der Waals surface area contributed by atoms with Crippen LogP contribution in [0.2, 0.25) is 0 Å². The molecule has 2 aromatic rings. The van der Waals surface area contributed by atoms with Crippen molar-refractivity contribution in [3.8, 4) is 11.3 Å². The Morgan fingerprint density at radius 2 is 2.04 bits per heavy atom. The van der Waals surface area contributed by atoms with Crippen LogP contribution in [0.4, 0.5) is 5.13 Å². The van der Waals surface area contributed by atoms with Gasteiger partial charge in [-0.25, -0.2) is 4.98 Å². The quantitative estimate of drug-likeness (QED) is 0.758. The summed E-state index contributed by atoms with van der Waals surface area (Å²) in [7, 11) is 0. The first-order valence-corrected chi connectivity index (χ1v) is 9.23. The third kappa shape index (κ3) is 2.95. The Morgan fingerprint density at radius 1 is 1.17 bits per heavy atom. The predicted octanol–water partition coefficient (Wildman–Crippen LogP) is 5.49. The number of hydrogen-bond acceptors (Lipinski definition) is 4. The van der Waals surface area contributed by atoms with Crippen LogP contribution in [0.15, 0.2) is 52.0 Å². The number of hydrogen-bond donors (Lipinski definition) is 1. The van der Waals surface area contributed by atoms with Crippen LogP contribution in [0.1, 0.15) is 39.0 Å². The molecule has 1 fully saturated rings. The molecule has 1 saturated carbocycles. The largest absolute Gasteiger partial charge is 0.252 e. The molecule has 0 radical (unpaired) electrons. The van der Waals surface area contributed by atoms with E-state index in [1.165, 1.54) is 37.0 Å². The minimum Gasteiger partial charge on any atom is -0.252 e. The zero-order valence-corrected chi connectivity index (χ0v) is 14.2. The number of allylic oxidation sites excluding steroid dienone is 2. The second kappa shape index (κ2) is 6.28. The van der Waals surface area contributed by atoms with Gasteiger partial charge < -0.3 is 0 Å². The Balaban J connectivity index is 1.51. The summed E-state index contributed by atoms with van der Waals surface area (Å²) in [4.78, 5) is 4.64. The maximum Gasteiger partial charge on any atom is 0.203 e. The fourth-order valence-corrected chi connectivity index (χ4v) is 4.40. The highest BCUT2D eigenvalue weighted by Crippen LogP contribution is 2.40. The Hall–Kier alpha value is -1.94. The Morgan fingerprint density at radius 3 is 2.91 bits per heavy atom. The molecule has 4 rings (SSSR count). The third-order valence-electron chi connectivity index (χ3n) is 5.00. The second-order valence-corrected chi connectivity index (χ2v) is 7.21. The van der Waals surface area contributed by atoms with Crippen LogP contribution >= 0.6 is 11.3 Å². The summed E-state index contributed by atoms with van der Waals surface area (Å²) < 4.78 is 0. The van der Waals surface area contributed by atoms with Gasteiger partial charge in [-0.1, -0.05) is 35.9 Å². The van der Waals surface area contributed by atoms with Gasteiger partial charge >= 0.3 is 0 Å². The van der Waals surface area contributed by atoms with E-state index in [9.17, 15) is 0 Å². The summed E-state index contributed by atoms with van der Waals surface area (Å²) in [5.41, 5.74) is 9.62. The number of nitrogens with zero attached hydrogens (tertiary/aromatic N) is 2. The lowest BCUT2D eigenvalue weighted by Crippen LogP contribution is -2.16. The van der Waals surface area contributed by atoms with Crippen molar-refractivity contribution in [1.29, 1.82) is 0 Å². The maximum absolute atomic E-state index is 4.66. The van der Waals surface area contributed by atoms with Crippen molar-refractivity contribution in [2.45, 2.75) is 39.0 Å². The van der Waals surface area contributed by atoms with Gasteiger partial charge in [0.15, 0.2) is 0 Å². The van der Waals surface area contributed by atoms with Crippen molar-refractivity contribution in [2.24, 2.45) is 11.0 Å². The number of aromatic nitrogens is 1. The van der Waals surface area contributed by atoms with Crippen LogP contribution in [-0.4, -0.2) is 10.7 Å². The van der Waals surface area contributed by atoms with E-state index in [4.69, 9.17) is 0 Å². The summed E-state index contributed by atoms with van der Waals surface area (Å²) in [5.74, 6) is 0.832. The van der Waals surface area contributed by atoms with Crippen molar-refractivity contribution < 1.29 is 0 Å². The molecule has 2 aliphatic carbocycles. The van der Waals surface area contributed by atoms with Gasteiger partial charge in [0, 0.05) is 10.9 Å². The lowest BCUT2D eigenvalue weighted by molar-refractivity contribution is 0.574. The minimum absolute atomic E-state index is 0.832. The fourth-order valence-electron chi connectivity index (χ4n) is 3.73. The van der Waals surface area contributed by atoms with Crippen LogP contribution < -0.4 is 5.43 Å². The molecule has 3 nitrogen and oxygen atoms in total. The molecule has 0 bridgehead atoms. The molecule has 4 heteroatoms. The number of anilines is 1. The smallest absolute Gasteiger partial charge is 0.203 e. The molecule has 1 aromatic carbocycles. The molecule has 1 N–H and O–H groups in total. The Bertz CT molecular complexity index is 758. The molecular weight excluding hydrogens is 302 g/mol.